The first-order valence-corrected chi connectivity index (χ1v) is 7.36. The first-order chi connectivity index (χ1) is 10.6. The summed E-state index contributed by atoms with van der Waals surface area (Å²) in [4.78, 5) is 0. The zero-order valence-corrected chi connectivity index (χ0v) is 12.7. The summed E-state index contributed by atoms with van der Waals surface area (Å²) >= 11 is 0. The fourth-order valence-electron chi connectivity index (χ4n) is 2.09. The van der Waals surface area contributed by atoms with Crippen LogP contribution in [0.1, 0.15) is 37.0 Å². The average molecular weight is 300 g/mol. The van der Waals surface area contributed by atoms with Gasteiger partial charge in [-0.3, -0.25) is 0 Å². The van der Waals surface area contributed by atoms with Crippen molar-refractivity contribution in [1.82, 2.24) is 0 Å². The van der Waals surface area contributed by atoms with E-state index in [1.807, 2.05) is 13.0 Å². The second-order valence-corrected chi connectivity index (χ2v) is 4.89. The molecule has 0 aliphatic heterocycles. The number of rotatable bonds is 4. The summed E-state index contributed by atoms with van der Waals surface area (Å²) in [7, 11) is 0. The molecule has 0 heterocycles. The van der Waals surface area contributed by atoms with Crippen LogP contribution in [0.15, 0.2) is 36.4 Å². The van der Waals surface area contributed by atoms with E-state index in [0.717, 1.165) is 18.4 Å². The minimum atomic E-state index is -0.465. The van der Waals surface area contributed by atoms with Crippen molar-refractivity contribution < 1.29 is 13.5 Å². The van der Waals surface area contributed by atoms with Crippen molar-refractivity contribution in [2.45, 2.75) is 26.7 Å². The molecule has 0 saturated carbocycles. The van der Waals surface area contributed by atoms with E-state index in [-0.39, 0.29) is 11.6 Å². The van der Waals surface area contributed by atoms with Crippen molar-refractivity contribution in [3.05, 3.63) is 64.7 Å². The number of hydrogen-bond acceptors (Lipinski definition) is 1. The van der Waals surface area contributed by atoms with Crippen LogP contribution in [0.2, 0.25) is 0 Å². The molecule has 2 rings (SSSR count). The van der Waals surface area contributed by atoms with E-state index in [4.69, 9.17) is 4.74 Å². The monoisotopic (exact) mass is 300 g/mol. The van der Waals surface area contributed by atoms with E-state index < -0.39 is 5.82 Å². The molecule has 0 N–H and O–H groups in total. The highest BCUT2D eigenvalue weighted by atomic mass is 19.1. The molecule has 0 fully saturated rings. The van der Waals surface area contributed by atoms with E-state index in [9.17, 15) is 8.78 Å². The zero-order valence-electron chi connectivity index (χ0n) is 12.7. The van der Waals surface area contributed by atoms with Gasteiger partial charge < -0.3 is 4.74 Å². The van der Waals surface area contributed by atoms with Gasteiger partial charge in [0.05, 0.1) is 12.2 Å². The second-order valence-electron chi connectivity index (χ2n) is 4.89. The summed E-state index contributed by atoms with van der Waals surface area (Å²) in [5.41, 5.74) is 1.75. The van der Waals surface area contributed by atoms with Crippen LogP contribution in [-0.2, 0) is 6.42 Å². The van der Waals surface area contributed by atoms with E-state index in [1.165, 1.54) is 18.2 Å². The SMILES string of the molecule is CCCc1ccc(C#Cc2ccc(OCC)c(F)c2)c(F)c1. The summed E-state index contributed by atoms with van der Waals surface area (Å²) < 4.78 is 32.8. The lowest BCUT2D eigenvalue weighted by molar-refractivity contribution is 0.321. The molecule has 22 heavy (non-hydrogen) atoms. The van der Waals surface area contributed by atoms with Crippen LogP contribution >= 0.6 is 0 Å². The topological polar surface area (TPSA) is 9.23 Å². The number of halogens is 2. The predicted octanol–water partition coefficient (Wildman–Crippen LogP) is 4.72. The highest BCUT2D eigenvalue weighted by molar-refractivity contribution is 5.45. The molecular formula is C19H18F2O. The van der Waals surface area contributed by atoms with Gasteiger partial charge in [0.1, 0.15) is 5.82 Å². The third-order valence-corrected chi connectivity index (χ3v) is 3.15. The first kappa shape index (κ1) is 16.0. The Morgan fingerprint density at radius 3 is 2.41 bits per heavy atom. The highest BCUT2D eigenvalue weighted by Crippen LogP contribution is 2.18. The molecule has 0 unspecified atom stereocenters. The highest BCUT2D eigenvalue weighted by Gasteiger charge is 2.03. The Balaban J connectivity index is 2.21. The molecule has 0 bridgehead atoms. The minimum absolute atomic E-state index is 0.197. The fourth-order valence-corrected chi connectivity index (χ4v) is 2.09. The Hall–Kier alpha value is -2.34. The normalized spacial score (nSPS) is 10.0. The van der Waals surface area contributed by atoms with Gasteiger partial charge >= 0.3 is 0 Å². The van der Waals surface area contributed by atoms with Crippen molar-refractivity contribution in [1.29, 1.82) is 0 Å². The van der Waals surface area contributed by atoms with Crippen LogP contribution < -0.4 is 4.74 Å². The summed E-state index contributed by atoms with van der Waals surface area (Å²) in [5.74, 6) is 4.91. The van der Waals surface area contributed by atoms with E-state index in [0.29, 0.717) is 17.7 Å². The Morgan fingerprint density at radius 2 is 1.77 bits per heavy atom. The maximum absolute atomic E-state index is 13.9. The molecule has 0 aliphatic carbocycles. The van der Waals surface area contributed by atoms with Crippen LogP contribution in [0.4, 0.5) is 8.78 Å². The average Bonchev–Trinajstić information content (AvgIpc) is 2.49. The molecular weight excluding hydrogens is 282 g/mol. The molecule has 0 atom stereocenters. The van der Waals surface area contributed by atoms with Crippen molar-refractivity contribution in [2.75, 3.05) is 6.61 Å². The van der Waals surface area contributed by atoms with Gasteiger partial charge in [0, 0.05) is 5.56 Å². The minimum Gasteiger partial charge on any atom is -0.491 e. The van der Waals surface area contributed by atoms with Gasteiger partial charge in [0.15, 0.2) is 11.6 Å². The third kappa shape index (κ3) is 4.08. The van der Waals surface area contributed by atoms with Crippen LogP contribution in [0, 0.1) is 23.5 Å². The molecule has 0 radical (unpaired) electrons. The Labute approximate surface area is 129 Å². The van der Waals surface area contributed by atoms with Gasteiger partial charge in [-0.25, -0.2) is 8.78 Å². The van der Waals surface area contributed by atoms with Gasteiger partial charge in [0.2, 0.25) is 0 Å². The lowest BCUT2D eigenvalue weighted by Crippen LogP contribution is -1.94. The molecule has 0 aromatic heterocycles. The molecule has 1 nitrogen and oxygen atoms in total. The largest absolute Gasteiger partial charge is 0.491 e. The predicted molar refractivity (Wildman–Crippen MR) is 83.9 cm³/mol. The van der Waals surface area contributed by atoms with Gasteiger partial charge in [-0.15, -0.1) is 0 Å². The summed E-state index contributed by atoms with van der Waals surface area (Å²) in [6, 6.07) is 9.52. The maximum Gasteiger partial charge on any atom is 0.166 e. The van der Waals surface area contributed by atoms with Crippen molar-refractivity contribution >= 4 is 0 Å². The summed E-state index contributed by atoms with van der Waals surface area (Å²) in [6.07, 6.45) is 1.81. The van der Waals surface area contributed by atoms with Crippen LogP contribution in [-0.4, -0.2) is 6.61 Å². The third-order valence-electron chi connectivity index (χ3n) is 3.15. The Morgan fingerprint density at radius 1 is 0.955 bits per heavy atom. The first-order valence-electron chi connectivity index (χ1n) is 7.36. The van der Waals surface area contributed by atoms with Crippen LogP contribution in [0.25, 0.3) is 0 Å². The zero-order chi connectivity index (χ0) is 15.9. The van der Waals surface area contributed by atoms with Crippen LogP contribution in [0.3, 0.4) is 0 Å². The summed E-state index contributed by atoms with van der Waals surface area (Å²) in [5, 5.41) is 0. The van der Waals surface area contributed by atoms with Gasteiger partial charge in [0.25, 0.3) is 0 Å². The van der Waals surface area contributed by atoms with Crippen molar-refractivity contribution in [3.63, 3.8) is 0 Å². The van der Waals surface area contributed by atoms with E-state index in [2.05, 4.69) is 11.8 Å². The molecule has 0 spiro atoms. The summed E-state index contributed by atoms with van der Waals surface area (Å²) in [6.45, 7) is 4.24. The standard InChI is InChI=1S/C19H18F2O/c1-3-5-14-6-9-16(17(20)12-14)10-7-15-8-11-19(22-4-2)18(21)13-15/h6,8-9,11-13H,3-5H2,1-2H3. The van der Waals surface area contributed by atoms with E-state index in [1.54, 1.807) is 19.1 Å². The second kappa shape index (κ2) is 7.61. The number of ether oxygens (including phenoxy) is 1. The smallest absolute Gasteiger partial charge is 0.166 e. The Kier molecular flexibility index (Phi) is 5.55. The fraction of sp³-hybridized carbons (Fsp3) is 0.263. The quantitative estimate of drug-likeness (QED) is 0.743. The number of hydrogen-bond donors (Lipinski definition) is 0. The molecule has 0 aliphatic rings. The van der Waals surface area contributed by atoms with Gasteiger partial charge in [-0.1, -0.05) is 31.3 Å². The van der Waals surface area contributed by atoms with E-state index >= 15 is 0 Å². The maximum atomic E-state index is 13.9. The van der Waals surface area contributed by atoms with Crippen molar-refractivity contribution in [3.8, 4) is 17.6 Å². The van der Waals surface area contributed by atoms with Gasteiger partial charge in [-0.05, 0) is 49.2 Å². The lowest BCUT2D eigenvalue weighted by atomic mass is 10.1. The number of benzene rings is 2. The van der Waals surface area contributed by atoms with Gasteiger partial charge in [-0.2, -0.15) is 0 Å². The number of aryl methyl sites for hydroxylation is 1. The van der Waals surface area contributed by atoms with Crippen molar-refractivity contribution in [2.24, 2.45) is 0 Å². The molecule has 0 saturated heterocycles. The molecule has 2 aromatic rings. The Bertz CT molecular complexity index is 711. The molecule has 2 aromatic carbocycles. The molecule has 114 valence electrons. The lowest BCUT2D eigenvalue weighted by Gasteiger charge is -2.03. The van der Waals surface area contributed by atoms with Crippen LogP contribution in [0.5, 0.6) is 5.75 Å². The molecule has 3 heteroatoms. The molecule has 0 amide bonds.